The second kappa shape index (κ2) is 104. The van der Waals surface area contributed by atoms with Crippen LogP contribution in [0.25, 0.3) is 0 Å². The van der Waals surface area contributed by atoms with E-state index in [1.54, 1.807) is 25.9 Å². The molecule has 0 aromatic rings. The van der Waals surface area contributed by atoms with Crippen molar-refractivity contribution in [2.45, 2.75) is 525 Å². The van der Waals surface area contributed by atoms with Crippen molar-refractivity contribution < 1.29 is 53.0 Å². The van der Waals surface area contributed by atoms with Gasteiger partial charge in [-0.2, -0.15) is 0 Å². The van der Waals surface area contributed by atoms with Crippen LogP contribution in [-0.4, -0.2) is 196 Å². The van der Waals surface area contributed by atoms with Gasteiger partial charge >= 0.3 is 0 Å². The largest absolute Gasteiger partial charge is 0.393 e. The Morgan fingerprint density at radius 3 is 0.871 bits per heavy atom. The number of nitrogens with one attached hydrogen (secondary N) is 6. The SMILES string of the molecule is CC.CC.CC.CC.CC.CC.CC.CC.CC.CC.CC(=O)N1CC[C@@H](C)C1.CC(=O)N1CC[C@H](C)C1.CC(C)CNC(=O)C1CCC(C)CC1.CC1CCC(C(=O)N(C)C)CC1.CC1CCC(C(=O)NC(C)(C)C)CC1.CC1CCC(C(=O)NC(C)C)CC1.CC1CCC(C(=O)NCCN(C)C)CC1.CC1CCC(O)CC1.CCNC(=O)C1CCC(C)CC1.COCCC(=O)NC1CCC(C)CC1. The molecular formula is C119H250N10O11. The molecule has 2 heterocycles. The van der Waals surface area contributed by atoms with Crippen molar-refractivity contribution in [3.8, 4) is 0 Å². The first kappa shape index (κ1) is 155. The Morgan fingerprint density at radius 2 is 0.636 bits per heavy atom. The number of likely N-dealkylation sites (tertiary alicyclic amines) is 2. The molecule has 10 rings (SSSR count). The van der Waals surface area contributed by atoms with Gasteiger partial charge in [-0.15, -0.1) is 0 Å². The summed E-state index contributed by atoms with van der Waals surface area (Å²) >= 11 is 0. The molecule has 8 aliphatic carbocycles. The first-order valence-electron chi connectivity index (χ1n) is 58.7. The van der Waals surface area contributed by atoms with Crippen molar-refractivity contribution in [3.63, 3.8) is 0 Å². The Kier molecular flexibility index (Phi) is 115. The smallest absolute Gasteiger partial charge is 0.225 e. The first-order chi connectivity index (χ1) is 66.4. The summed E-state index contributed by atoms with van der Waals surface area (Å²) in [5.74, 6) is 12.6. The van der Waals surface area contributed by atoms with Crippen LogP contribution < -0.4 is 31.9 Å². The summed E-state index contributed by atoms with van der Waals surface area (Å²) in [6.07, 6.45) is 39.8. The third kappa shape index (κ3) is 90.6. The van der Waals surface area contributed by atoms with Gasteiger partial charge in [-0.25, -0.2) is 0 Å². The van der Waals surface area contributed by atoms with Crippen molar-refractivity contribution in [3.05, 3.63) is 0 Å². The molecular weight excluding hydrogens is 1750 g/mol. The maximum absolute atomic E-state index is 11.8. The fourth-order valence-electron chi connectivity index (χ4n) is 17.3. The highest BCUT2D eigenvalue weighted by molar-refractivity contribution is 5.81. The molecule has 10 aliphatic rings. The van der Waals surface area contributed by atoms with E-state index in [-0.39, 0.29) is 76.8 Å². The zero-order chi connectivity index (χ0) is 111. The van der Waals surface area contributed by atoms with Gasteiger partial charge in [0.2, 0.25) is 53.2 Å². The molecule has 0 aromatic heterocycles. The number of nitrogens with zero attached hydrogens (tertiary/aromatic N) is 4. The van der Waals surface area contributed by atoms with E-state index in [1.165, 1.54) is 116 Å². The van der Waals surface area contributed by atoms with Crippen LogP contribution in [0.5, 0.6) is 0 Å². The number of aliphatic hydroxyl groups is 1. The summed E-state index contributed by atoms with van der Waals surface area (Å²) in [6, 6.07) is 0.697. The topological polar surface area (TPSA) is 268 Å². The van der Waals surface area contributed by atoms with Gasteiger partial charge in [-0.05, 0) is 339 Å². The predicted octanol–water partition coefficient (Wildman–Crippen LogP) is 28.3. The average molecular weight is 2000 g/mol. The Balaban J connectivity index is -0.000000165. The maximum Gasteiger partial charge on any atom is 0.225 e. The lowest BCUT2D eigenvalue weighted by Gasteiger charge is -2.29. The lowest BCUT2D eigenvalue weighted by Crippen LogP contribution is -2.44. The first-order valence-corrected chi connectivity index (χ1v) is 58.7. The van der Waals surface area contributed by atoms with Gasteiger partial charge < -0.3 is 61.3 Å². The van der Waals surface area contributed by atoms with E-state index in [0.29, 0.717) is 66.4 Å². The van der Waals surface area contributed by atoms with Crippen LogP contribution in [0.1, 0.15) is 502 Å². The number of likely N-dealkylation sites (N-methyl/N-ethyl adjacent to an activating group) is 1. The van der Waals surface area contributed by atoms with Crippen molar-refractivity contribution in [2.24, 2.45) is 101 Å². The van der Waals surface area contributed by atoms with Crippen LogP contribution in [-0.2, 0) is 47.9 Å². The van der Waals surface area contributed by atoms with Crippen LogP contribution in [0.2, 0.25) is 0 Å². The molecule has 2 atom stereocenters. The molecule has 0 unspecified atom stereocenters. The number of amides is 9. The molecule has 21 heteroatoms. The van der Waals surface area contributed by atoms with E-state index < -0.39 is 0 Å². The monoisotopic (exact) mass is 2000 g/mol. The quantitative estimate of drug-likeness (QED) is 0.0717. The van der Waals surface area contributed by atoms with Crippen molar-refractivity contribution in [1.82, 2.24) is 51.5 Å². The molecule has 2 aliphatic heterocycles. The molecule has 21 nitrogen and oxygen atoms in total. The zero-order valence-electron chi connectivity index (χ0n) is 102. The van der Waals surface area contributed by atoms with Crippen molar-refractivity contribution in [2.75, 3.05) is 94.3 Å². The summed E-state index contributed by atoms with van der Waals surface area (Å²) in [7, 11) is 9.36. The van der Waals surface area contributed by atoms with E-state index >= 15 is 0 Å². The van der Waals surface area contributed by atoms with E-state index in [9.17, 15) is 43.2 Å². The van der Waals surface area contributed by atoms with E-state index in [1.807, 2.05) is 218 Å². The Labute approximate surface area is 873 Å². The van der Waals surface area contributed by atoms with Gasteiger partial charge in [-0.3, -0.25) is 43.2 Å². The standard InChI is InChI=1S/C12H24N2O.2C12H23NO.C11H21NO2.C11H21NO.2C10H19NO.2C7H13NO.C7H14O.10C2H6/c1-10-4-6-11(7-5-10)12(15)13-8-9-14(2)3;1-9-5-7-10(8-6-9)11(14)13-12(2,3)4;1-9(2)8-13-12(14)11-6-4-10(3)5-7-11;1-9-3-5-10(6-4-9)12-11(13)7-8-14-2;1-8(2)12-11(13)10-6-4-9(3)5-7-10;1-8-4-6-9(7-5-8)10(12)11(2)3;1-3-11-10(12)9-6-4-8(2)5-7-9;2*1-6-3-4-8(5-6)7(2)9;1-6-2-4-7(8)5-3-6;10*1-2/h10-11H,4-9H2,1-3H3,(H,13,15);9-10H,5-8H2,1-4H3,(H,13,14);9-11H,4-8H2,1-3H3,(H,13,14);9-10H,3-8H2,1-2H3,(H,12,13);8-10H,4-7H2,1-3H3,(H,12,13);8-9H,4-7H2,1-3H3;8-9H,3-7H2,1-2H3,(H,11,12);2*6H,3-5H2,1-2H3;6-8H,2-5H2,1H3;10*1-2H3/t;;;;;;;2*6-;;;;;;;;;;;/m.......10.........../s1. The number of carbonyl (C=O) groups excluding carboxylic acids is 9. The number of aliphatic hydroxyl groups excluding tert-OH is 1. The fourth-order valence-corrected chi connectivity index (χ4v) is 17.3. The lowest BCUT2D eigenvalue weighted by molar-refractivity contribution is -0.134. The number of hydrogen-bond donors (Lipinski definition) is 7. The van der Waals surface area contributed by atoms with E-state index in [2.05, 4.69) is 120 Å². The highest BCUT2D eigenvalue weighted by Crippen LogP contribution is 2.34. The average Bonchev–Trinajstić information content (AvgIpc) is 1.18. The van der Waals surface area contributed by atoms with Gasteiger partial charge in [-0.1, -0.05) is 222 Å². The zero-order valence-corrected chi connectivity index (χ0v) is 102. The molecule has 10 fully saturated rings. The molecule has 0 bridgehead atoms. The molecule has 140 heavy (non-hydrogen) atoms. The van der Waals surface area contributed by atoms with Crippen LogP contribution >= 0.6 is 0 Å². The van der Waals surface area contributed by atoms with Gasteiger partial charge in [0.1, 0.15) is 0 Å². The minimum atomic E-state index is -0.0832. The molecule has 0 aromatic carbocycles. The van der Waals surface area contributed by atoms with Crippen molar-refractivity contribution >= 4 is 53.2 Å². The fraction of sp³-hybridized carbons (Fsp3) is 0.924. The Morgan fingerprint density at radius 1 is 0.364 bits per heavy atom. The van der Waals surface area contributed by atoms with Gasteiger partial charge in [0.25, 0.3) is 0 Å². The minimum Gasteiger partial charge on any atom is -0.393 e. The second-order valence-electron chi connectivity index (χ2n) is 41.4. The highest BCUT2D eigenvalue weighted by atomic mass is 16.5. The van der Waals surface area contributed by atoms with Crippen molar-refractivity contribution in [1.29, 1.82) is 0 Å². The lowest BCUT2D eigenvalue weighted by atomic mass is 9.82. The summed E-state index contributed by atoms with van der Waals surface area (Å²) in [5, 5.41) is 27.1. The molecule has 842 valence electrons. The number of hydrogen-bond acceptors (Lipinski definition) is 12. The normalized spacial score (nSPS) is 25.2. The number of rotatable bonds is 17. The van der Waals surface area contributed by atoms with Gasteiger partial charge in [0.05, 0.1) is 12.7 Å². The number of methoxy groups -OCH3 is 1. The van der Waals surface area contributed by atoms with Gasteiger partial charge in [0, 0.05) is 147 Å². The summed E-state index contributed by atoms with van der Waals surface area (Å²) in [4.78, 5) is 110. The van der Waals surface area contributed by atoms with Gasteiger partial charge in [0.15, 0.2) is 0 Å². The van der Waals surface area contributed by atoms with Crippen LogP contribution in [0.4, 0.5) is 0 Å². The highest BCUT2D eigenvalue weighted by Gasteiger charge is 2.32. The molecule has 0 spiro atoms. The maximum atomic E-state index is 11.8. The molecule has 2 saturated heterocycles. The molecule has 7 N–H and O–H groups in total. The Bertz CT molecular complexity index is 2700. The second-order valence-corrected chi connectivity index (χ2v) is 41.4. The van der Waals surface area contributed by atoms with E-state index in [0.717, 1.165) is 202 Å². The molecule has 8 saturated carbocycles. The minimum absolute atomic E-state index is 0.0196. The predicted molar refractivity (Wildman–Crippen MR) is 610 cm³/mol. The van der Waals surface area contributed by atoms with Crippen LogP contribution in [0.3, 0.4) is 0 Å². The summed E-state index contributed by atoms with van der Waals surface area (Å²) in [5.41, 5.74) is -0.0832. The van der Waals surface area contributed by atoms with E-state index in [4.69, 9.17) is 9.84 Å². The molecule has 0 radical (unpaired) electrons. The Hall–Kier alpha value is -4.89. The molecule has 9 amide bonds. The van der Waals surface area contributed by atoms with Crippen LogP contribution in [0.15, 0.2) is 0 Å². The van der Waals surface area contributed by atoms with Crippen LogP contribution in [0, 0.1) is 101 Å². The number of ether oxygens (including phenoxy) is 1. The third-order valence-electron chi connectivity index (χ3n) is 26.2. The third-order valence-corrected chi connectivity index (χ3v) is 26.2. The number of carbonyl (C=O) groups is 9. The summed E-state index contributed by atoms with van der Waals surface area (Å²) in [6.45, 7) is 89.9. The summed E-state index contributed by atoms with van der Waals surface area (Å²) < 4.78 is 4.86.